The minimum absolute atomic E-state index is 0.0201. The molecule has 0 aliphatic carbocycles. The van der Waals surface area contributed by atoms with E-state index in [0.29, 0.717) is 5.78 Å². The fraction of sp³-hybridized carbons (Fsp3) is 0.364. The number of hydrogen-bond acceptors (Lipinski definition) is 6. The standard InChI is InChI=1S/C11H13N5O3/c1-7-3-5-13-11-14-9(15-16(7)11)10(18)12-6-4-8(17)19-2/h3,5H,4,6H2,1-2H3,(H,12,18). The Bertz CT molecular complexity index is 622. The van der Waals surface area contributed by atoms with Gasteiger partial charge in [0.25, 0.3) is 11.7 Å². The molecule has 8 heteroatoms. The molecule has 0 atom stereocenters. The monoisotopic (exact) mass is 263 g/mol. The smallest absolute Gasteiger partial charge is 0.307 e. The van der Waals surface area contributed by atoms with Crippen molar-refractivity contribution in [1.82, 2.24) is 24.9 Å². The highest BCUT2D eigenvalue weighted by atomic mass is 16.5. The van der Waals surface area contributed by atoms with E-state index in [0.717, 1.165) is 5.69 Å². The van der Waals surface area contributed by atoms with Crippen LogP contribution in [0.2, 0.25) is 0 Å². The van der Waals surface area contributed by atoms with E-state index >= 15 is 0 Å². The maximum absolute atomic E-state index is 11.8. The molecular formula is C11H13N5O3. The molecule has 0 aliphatic rings. The van der Waals surface area contributed by atoms with Gasteiger partial charge in [-0.1, -0.05) is 0 Å². The summed E-state index contributed by atoms with van der Waals surface area (Å²) in [6.45, 7) is 2.01. The van der Waals surface area contributed by atoms with E-state index in [2.05, 4.69) is 25.1 Å². The summed E-state index contributed by atoms with van der Waals surface area (Å²) >= 11 is 0. The Labute approximate surface area is 108 Å². The van der Waals surface area contributed by atoms with Gasteiger partial charge in [0.15, 0.2) is 0 Å². The number of carbonyl (C=O) groups excluding carboxylic acids is 2. The van der Waals surface area contributed by atoms with E-state index < -0.39 is 5.91 Å². The molecule has 2 rings (SSSR count). The van der Waals surface area contributed by atoms with Crippen LogP contribution in [0.15, 0.2) is 12.3 Å². The first-order valence-corrected chi connectivity index (χ1v) is 5.65. The van der Waals surface area contributed by atoms with E-state index in [-0.39, 0.29) is 24.8 Å². The highest BCUT2D eigenvalue weighted by Gasteiger charge is 2.14. The summed E-state index contributed by atoms with van der Waals surface area (Å²) in [5.74, 6) is -0.459. The van der Waals surface area contributed by atoms with Gasteiger partial charge in [-0.25, -0.2) is 9.50 Å². The van der Waals surface area contributed by atoms with Gasteiger partial charge in [-0.3, -0.25) is 9.59 Å². The van der Waals surface area contributed by atoms with Crippen LogP contribution in [0.5, 0.6) is 0 Å². The second kappa shape index (κ2) is 5.42. The molecule has 19 heavy (non-hydrogen) atoms. The molecule has 0 aliphatic heterocycles. The predicted molar refractivity (Wildman–Crippen MR) is 64.5 cm³/mol. The number of fused-ring (bicyclic) bond motifs is 1. The molecule has 0 fully saturated rings. The molecule has 1 amide bonds. The summed E-state index contributed by atoms with van der Waals surface area (Å²) in [6.07, 6.45) is 1.70. The Morgan fingerprint density at radius 3 is 2.95 bits per heavy atom. The quantitative estimate of drug-likeness (QED) is 0.762. The van der Waals surface area contributed by atoms with Crippen molar-refractivity contribution in [1.29, 1.82) is 0 Å². The fourth-order valence-corrected chi connectivity index (χ4v) is 1.46. The van der Waals surface area contributed by atoms with Gasteiger partial charge in [0.1, 0.15) is 0 Å². The summed E-state index contributed by atoms with van der Waals surface area (Å²) in [5.41, 5.74) is 0.825. The predicted octanol–water partition coefficient (Wildman–Crippen LogP) is -0.274. The Morgan fingerprint density at radius 1 is 1.47 bits per heavy atom. The number of amides is 1. The van der Waals surface area contributed by atoms with Gasteiger partial charge in [-0.15, -0.1) is 5.10 Å². The number of rotatable bonds is 4. The summed E-state index contributed by atoms with van der Waals surface area (Å²) < 4.78 is 5.95. The molecule has 0 saturated heterocycles. The van der Waals surface area contributed by atoms with Crippen LogP contribution in [0, 0.1) is 6.92 Å². The zero-order chi connectivity index (χ0) is 13.8. The number of methoxy groups -OCH3 is 1. The molecule has 0 radical (unpaired) electrons. The number of hydrogen-bond donors (Lipinski definition) is 1. The van der Waals surface area contributed by atoms with Crippen LogP contribution in [0.25, 0.3) is 5.78 Å². The van der Waals surface area contributed by atoms with Crippen molar-refractivity contribution in [3.05, 3.63) is 23.8 Å². The molecule has 2 aromatic heterocycles. The number of carbonyl (C=O) groups is 2. The number of aromatic nitrogens is 4. The molecule has 0 aromatic carbocycles. The van der Waals surface area contributed by atoms with Crippen molar-refractivity contribution in [2.45, 2.75) is 13.3 Å². The average Bonchev–Trinajstić information content (AvgIpc) is 2.84. The molecule has 0 spiro atoms. The van der Waals surface area contributed by atoms with E-state index in [4.69, 9.17) is 0 Å². The highest BCUT2D eigenvalue weighted by molar-refractivity contribution is 5.91. The lowest BCUT2D eigenvalue weighted by Gasteiger charge is -2.00. The van der Waals surface area contributed by atoms with Crippen LogP contribution < -0.4 is 5.32 Å². The van der Waals surface area contributed by atoms with Crippen LogP contribution in [0.3, 0.4) is 0 Å². The third kappa shape index (κ3) is 2.84. The SMILES string of the molecule is COC(=O)CCNC(=O)c1nc2nccc(C)n2n1. The van der Waals surface area contributed by atoms with Crippen molar-refractivity contribution < 1.29 is 14.3 Å². The van der Waals surface area contributed by atoms with Gasteiger partial charge < -0.3 is 10.1 Å². The Kier molecular flexibility index (Phi) is 3.69. The molecule has 8 nitrogen and oxygen atoms in total. The first-order chi connectivity index (χ1) is 9.11. The second-order valence-electron chi connectivity index (χ2n) is 3.82. The number of aryl methyl sites for hydroxylation is 1. The van der Waals surface area contributed by atoms with E-state index in [1.165, 1.54) is 11.6 Å². The first-order valence-electron chi connectivity index (χ1n) is 5.65. The van der Waals surface area contributed by atoms with Crippen LogP contribution in [0.4, 0.5) is 0 Å². The van der Waals surface area contributed by atoms with Crippen molar-refractivity contribution >= 4 is 17.7 Å². The highest BCUT2D eigenvalue weighted by Crippen LogP contribution is 2.01. The van der Waals surface area contributed by atoms with Crippen molar-refractivity contribution in [3.63, 3.8) is 0 Å². The third-order valence-corrected chi connectivity index (χ3v) is 2.48. The van der Waals surface area contributed by atoms with Crippen LogP contribution in [-0.2, 0) is 9.53 Å². The maximum atomic E-state index is 11.8. The van der Waals surface area contributed by atoms with Crippen LogP contribution in [0.1, 0.15) is 22.7 Å². The van der Waals surface area contributed by atoms with Gasteiger partial charge in [0.05, 0.1) is 13.5 Å². The number of esters is 1. The number of nitrogens with one attached hydrogen (secondary N) is 1. The molecule has 0 bridgehead atoms. The summed E-state index contributed by atoms with van der Waals surface area (Å²) in [7, 11) is 1.29. The van der Waals surface area contributed by atoms with Gasteiger partial charge in [0, 0.05) is 18.4 Å². The number of ether oxygens (including phenoxy) is 1. The molecule has 2 heterocycles. The first kappa shape index (κ1) is 12.9. The lowest BCUT2D eigenvalue weighted by molar-refractivity contribution is -0.140. The minimum atomic E-state index is -0.450. The Morgan fingerprint density at radius 2 is 2.26 bits per heavy atom. The molecule has 1 N–H and O–H groups in total. The second-order valence-corrected chi connectivity index (χ2v) is 3.82. The molecule has 0 saturated carbocycles. The molecular weight excluding hydrogens is 250 g/mol. The summed E-state index contributed by atoms with van der Waals surface area (Å²) in [4.78, 5) is 30.7. The van der Waals surface area contributed by atoms with Gasteiger partial charge in [-0.2, -0.15) is 4.98 Å². The lowest BCUT2D eigenvalue weighted by Crippen LogP contribution is -2.27. The maximum Gasteiger partial charge on any atom is 0.307 e. The van der Waals surface area contributed by atoms with Crippen molar-refractivity contribution in [2.75, 3.05) is 13.7 Å². The number of nitrogens with zero attached hydrogens (tertiary/aromatic N) is 4. The third-order valence-electron chi connectivity index (χ3n) is 2.48. The molecule has 0 unspecified atom stereocenters. The van der Waals surface area contributed by atoms with Crippen LogP contribution in [-0.4, -0.2) is 45.1 Å². The van der Waals surface area contributed by atoms with Crippen molar-refractivity contribution in [2.24, 2.45) is 0 Å². The summed E-state index contributed by atoms with van der Waals surface area (Å²) in [6, 6.07) is 1.76. The normalized spacial score (nSPS) is 10.4. The zero-order valence-electron chi connectivity index (χ0n) is 10.6. The Hall–Kier alpha value is -2.51. The van der Waals surface area contributed by atoms with Gasteiger partial charge >= 0.3 is 5.97 Å². The summed E-state index contributed by atoms with van der Waals surface area (Å²) in [5, 5.41) is 6.58. The Balaban J connectivity index is 2.05. The van der Waals surface area contributed by atoms with E-state index in [1.807, 2.05) is 6.92 Å². The van der Waals surface area contributed by atoms with Crippen LogP contribution >= 0.6 is 0 Å². The van der Waals surface area contributed by atoms with E-state index in [9.17, 15) is 9.59 Å². The topological polar surface area (TPSA) is 98.5 Å². The van der Waals surface area contributed by atoms with Gasteiger partial charge in [-0.05, 0) is 13.0 Å². The molecule has 100 valence electrons. The van der Waals surface area contributed by atoms with Gasteiger partial charge in [0.2, 0.25) is 5.82 Å². The fourth-order valence-electron chi connectivity index (χ4n) is 1.46. The molecule has 2 aromatic rings. The van der Waals surface area contributed by atoms with E-state index in [1.54, 1.807) is 12.3 Å². The lowest BCUT2D eigenvalue weighted by atomic mass is 10.4. The minimum Gasteiger partial charge on any atom is -0.469 e. The zero-order valence-corrected chi connectivity index (χ0v) is 10.6. The van der Waals surface area contributed by atoms with Crippen molar-refractivity contribution in [3.8, 4) is 0 Å². The average molecular weight is 263 g/mol. The largest absolute Gasteiger partial charge is 0.469 e.